The second-order valence-electron chi connectivity index (χ2n) is 4.94. The number of carbonyl (C=O) groups is 1. The first-order valence-electron chi connectivity index (χ1n) is 5.27. The first-order valence-corrected chi connectivity index (χ1v) is 5.27. The minimum atomic E-state index is -0.874. The second-order valence-corrected chi connectivity index (χ2v) is 4.94. The summed E-state index contributed by atoms with van der Waals surface area (Å²) in [4.78, 5) is 12.5. The van der Waals surface area contributed by atoms with Gasteiger partial charge >= 0.3 is 6.09 Å². The van der Waals surface area contributed by atoms with E-state index in [0.29, 0.717) is 18.8 Å². The van der Waals surface area contributed by atoms with Crippen LogP contribution in [0.2, 0.25) is 0 Å². The monoisotopic (exact) mass is 220 g/mol. The highest BCUT2D eigenvalue weighted by Gasteiger charge is 2.33. The molecule has 1 aromatic rings. The average Bonchev–Trinajstić information content (AvgIpc) is 2.15. The van der Waals surface area contributed by atoms with Gasteiger partial charge in [0.2, 0.25) is 0 Å². The molecule has 4 heteroatoms. The van der Waals surface area contributed by atoms with Crippen LogP contribution in [0.3, 0.4) is 0 Å². The summed E-state index contributed by atoms with van der Waals surface area (Å²) >= 11 is 0. The van der Waals surface area contributed by atoms with Crippen LogP contribution in [0.4, 0.5) is 10.5 Å². The summed E-state index contributed by atoms with van der Waals surface area (Å²) in [5, 5.41) is 9.06. The van der Waals surface area contributed by atoms with E-state index < -0.39 is 6.09 Å². The van der Waals surface area contributed by atoms with E-state index in [9.17, 15) is 4.79 Å². The third-order valence-corrected chi connectivity index (χ3v) is 3.08. The van der Waals surface area contributed by atoms with Crippen molar-refractivity contribution >= 4 is 11.8 Å². The van der Waals surface area contributed by atoms with Crippen molar-refractivity contribution in [3.63, 3.8) is 0 Å². The van der Waals surface area contributed by atoms with Gasteiger partial charge in [0, 0.05) is 24.2 Å². The van der Waals surface area contributed by atoms with E-state index in [1.807, 2.05) is 18.2 Å². The Morgan fingerprint density at radius 3 is 2.81 bits per heavy atom. The van der Waals surface area contributed by atoms with Crippen molar-refractivity contribution in [2.24, 2.45) is 0 Å². The molecule has 4 nitrogen and oxygen atoms in total. The van der Waals surface area contributed by atoms with Crippen LogP contribution in [-0.4, -0.2) is 22.6 Å². The van der Waals surface area contributed by atoms with E-state index in [1.165, 1.54) is 10.5 Å². The maximum Gasteiger partial charge on any atom is 0.407 e. The average molecular weight is 220 g/mol. The van der Waals surface area contributed by atoms with Gasteiger partial charge in [-0.1, -0.05) is 19.9 Å². The molecule has 0 atom stereocenters. The smallest absolute Gasteiger partial charge is 0.407 e. The summed E-state index contributed by atoms with van der Waals surface area (Å²) < 4.78 is 0. The molecule has 86 valence electrons. The Hall–Kier alpha value is -1.71. The summed E-state index contributed by atoms with van der Waals surface area (Å²) in [5.41, 5.74) is 8.46. The van der Waals surface area contributed by atoms with Gasteiger partial charge in [-0.3, -0.25) is 0 Å². The van der Waals surface area contributed by atoms with Crippen LogP contribution < -0.4 is 5.73 Å². The molecule has 0 radical (unpaired) electrons. The standard InChI is InChI=1S/C12H16N2O2/c1-12(2)7-14(11(15)16)6-8-5-9(13)3-4-10(8)12/h3-5H,6-7,13H2,1-2H3,(H,15,16). The van der Waals surface area contributed by atoms with Gasteiger partial charge in [-0.05, 0) is 23.3 Å². The molecule has 1 amide bonds. The Bertz CT molecular complexity index is 441. The normalized spacial score (nSPS) is 18.0. The number of nitrogens with two attached hydrogens (primary N) is 1. The molecule has 1 aliphatic heterocycles. The number of fused-ring (bicyclic) bond motifs is 1. The first-order chi connectivity index (χ1) is 7.40. The van der Waals surface area contributed by atoms with Crippen LogP contribution in [-0.2, 0) is 12.0 Å². The van der Waals surface area contributed by atoms with Gasteiger partial charge < -0.3 is 15.7 Å². The Balaban J connectivity index is 2.47. The lowest BCUT2D eigenvalue weighted by Crippen LogP contribution is -2.44. The van der Waals surface area contributed by atoms with Gasteiger partial charge in [-0.2, -0.15) is 0 Å². The predicted octanol–water partition coefficient (Wildman–Crippen LogP) is 2.04. The topological polar surface area (TPSA) is 66.6 Å². The number of benzene rings is 1. The molecular formula is C12H16N2O2. The highest BCUT2D eigenvalue weighted by atomic mass is 16.4. The fraction of sp³-hybridized carbons (Fsp3) is 0.417. The van der Waals surface area contributed by atoms with Crippen molar-refractivity contribution in [3.05, 3.63) is 29.3 Å². The number of hydrogen-bond donors (Lipinski definition) is 2. The van der Waals surface area contributed by atoms with Gasteiger partial charge in [0.25, 0.3) is 0 Å². The minimum Gasteiger partial charge on any atom is -0.465 e. The Morgan fingerprint density at radius 1 is 1.50 bits per heavy atom. The van der Waals surface area contributed by atoms with Gasteiger partial charge in [-0.15, -0.1) is 0 Å². The van der Waals surface area contributed by atoms with Crippen LogP contribution >= 0.6 is 0 Å². The number of hydrogen-bond acceptors (Lipinski definition) is 2. The van der Waals surface area contributed by atoms with Crippen LogP contribution in [0, 0.1) is 0 Å². The van der Waals surface area contributed by atoms with Crippen molar-refractivity contribution in [3.8, 4) is 0 Å². The highest BCUT2D eigenvalue weighted by Crippen LogP contribution is 2.34. The van der Waals surface area contributed by atoms with Crippen LogP contribution in [0.15, 0.2) is 18.2 Å². The molecule has 1 aliphatic rings. The van der Waals surface area contributed by atoms with E-state index in [4.69, 9.17) is 10.8 Å². The van der Waals surface area contributed by atoms with Gasteiger partial charge in [0.1, 0.15) is 0 Å². The molecule has 0 saturated carbocycles. The van der Waals surface area contributed by atoms with Crippen molar-refractivity contribution in [1.29, 1.82) is 0 Å². The maximum atomic E-state index is 11.0. The zero-order valence-corrected chi connectivity index (χ0v) is 9.53. The molecule has 0 aliphatic carbocycles. The number of anilines is 1. The molecule has 0 unspecified atom stereocenters. The summed E-state index contributed by atoms with van der Waals surface area (Å²) in [7, 11) is 0. The molecule has 16 heavy (non-hydrogen) atoms. The van der Waals surface area contributed by atoms with Crippen molar-refractivity contribution in [2.45, 2.75) is 25.8 Å². The van der Waals surface area contributed by atoms with Crippen molar-refractivity contribution < 1.29 is 9.90 Å². The number of carboxylic acid groups (broad SMARTS) is 1. The second kappa shape index (κ2) is 3.40. The first kappa shape index (κ1) is 10.8. The third-order valence-electron chi connectivity index (χ3n) is 3.08. The summed E-state index contributed by atoms with van der Waals surface area (Å²) in [6.45, 7) is 5.06. The van der Waals surface area contributed by atoms with Crippen LogP contribution in [0.5, 0.6) is 0 Å². The van der Waals surface area contributed by atoms with Crippen LogP contribution in [0.1, 0.15) is 25.0 Å². The molecule has 0 saturated heterocycles. The number of rotatable bonds is 0. The van der Waals surface area contributed by atoms with Gasteiger partial charge in [0.15, 0.2) is 0 Å². The molecule has 0 bridgehead atoms. The van der Waals surface area contributed by atoms with Gasteiger partial charge in [0.05, 0.1) is 0 Å². The summed E-state index contributed by atoms with van der Waals surface area (Å²) in [6, 6.07) is 5.74. The third kappa shape index (κ3) is 1.71. The zero-order valence-electron chi connectivity index (χ0n) is 9.53. The van der Waals surface area contributed by atoms with E-state index >= 15 is 0 Å². The van der Waals surface area contributed by atoms with Crippen LogP contribution in [0.25, 0.3) is 0 Å². The zero-order chi connectivity index (χ0) is 11.9. The Kier molecular flexibility index (Phi) is 2.30. The molecule has 2 rings (SSSR count). The largest absolute Gasteiger partial charge is 0.465 e. The fourth-order valence-electron chi connectivity index (χ4n) is 2.36. The maximum absolute atomic E-state index is 11.0. The quantitative estimate of drug-likeness (QED) is 0.657. The molecule has 3 N–H and O–H groups in total. The van der Waals surface area contributed by atoms with Crippen molar-refractivity contribution in [2.75, 3.05) is 12.3 Å². The molecule has 1 heterocycles. The molecular weight excluding hydrogens is 204 g/mol. The van der Waals surface area contributed by atoms with Crippen molar-refractivity contribution in [1.82, 2.24) is 4.90 Å². The van der Waals surface area contributed by atoms with E-state index in [1.54, 1.807) is 0 Å². The highest BCUT2D eigenvalue weighted by molar-refractivity contribution is 5.66. The number of nitrogen functional groups attached to an aromatic ring is 1. The lowest BCUT2D eigenvalue weighted by Gasteiger charge is -2.38. The summed E-state index contributed by atoms with van der Waals surface area (Å²) in [5.74, 6) is 0. The van der Waals surface area contributed by atoms with Gasteiger partial charge in [-0.25, -0.2) is 4.79 Å². The lowest BCUT2D eigenvalue weighted by molar-refractivity contribution is 0.125. The predicted molar refractivity (Wildman–Crippen MR) is 62.3 cm³/mol. The number of nitrogens with zero attached hydrogens (tertiary/aromatic N) is 1. The lowest BCUT2D eigenvalue weighted by atomic mass is 9.78. The minimum absolute atomic E-state index is 0.153. The SMILES string of the molecule is CC1(C)CN(C(=O)O)Cc2cc(N)ccc21. The molecule has 0 fully saturated rings. The van der Waals surface area contributed by atoms with E-state index in [0.717, 1.165) is 5.56 Å². The summed E-state index contributed by atoms with van der Waals surface area (Å²) in [6.07, 6.45) is -0.874. The fourth-order valence-corrected chi connectivity index (χ4v) is 2.36. The molecule has 0 spiro atoms. The molecule has 0 aromatic heterocycles. The number of amides is 1. The Morgan fingerprint density at radius 2 is 2.19 bits per heavy atom. The van der Waals surface area contributed by atoms with E-state index in [-0.39, 0.29) is 5.41 Å². The van der Waals surface area contributed by atoms with E-state index in [2.05, 4.69) is 13.8 Å². The molecule has 1 aromatic carbocycles. The Labute approximate surface area is 94.7 Å².